The molecule has 4 rings (SSSR count). The number of rotatable bonds is 3. The van der Waals surface area contributed by atoms with Crippen LogP contribution in [0.5, 0.6) is 5.75 Å². The summed E-state index contributed by atoms with van der Waals surface area (Å²) in [4.78, 5) is 2.57. The van der Waals surface area contributed by atoms with E-state index in [0.29, 0.717) is 6.04 Å². The molecule has 2 aliphatic rings. The highest BCUT2D eigenvalue weighted by molar-refractivity contribution is 5.77. The quantitative estimate of drug-likeness (QED) is 0.874. The van der Waals surface area contributed by atoms with Crippen molar-refractivity contribution < 1.29 is 4.74 Å². The van der Waals surface area contributed by atoms with E-state index in [9.17, 15) is 0 Å². The Balaban J connectivity index is 1.52. The lowest BCUT2D eigenvalue weighted by molar-refractivity contribution is 0.220. The molecule has 0 saturated carbocycles. The SMILES string of the molecule is C[C@@H](c1ccc2c(c1)OCC2)N1CCc2ccc(C=N)cc2CC1. The molecule has 0 aromatic heterocycles. The Bertz CT molecular complexity index is 768. The van der Waals surface area contributed by atoms with Gasteiger partial charge in [0.05, 0.1) is 6.61 Å². The highest BCUT2D eigenvalue weighted by Gasteiger charge is 2.21. The minimum atomic E-state index is 0.399. The van der Waals surface area contributed by atoms with E-state index in [1.807, 2.05) is 0 Å². The number of nitrogens with one attached hydrogen (secondary N) is 1. The van der Waals surface area contributed by atoms with Gasteiger partial charge < -0.3 is 10.1 Å². The lowest BCUT2D eigenvalue weighted by atomic mass is 10.0. The molecule has 0 saturated heterocycles. The first kappa shape index (κ1) is 15.4. The van der Waals surface area contributed by atoms with Crippen LogP contribution >= 0.6 is 0 Å². The Morgan fingerprint density at radius 1 is 1.00 bits per heavy atom. The van der Waals surface area contributed by atoms with E-state index in [2.05, 4.69) is 48.2 Å². The van der Waals surface area contributed by atoms with Gasteiger partial charge in [-0.3, -0.25) is 4.90 Å². The molecule has 1 N–H and O–H groups in total. The summed E-state index contributed by atoms with van der Waals surface area (Å²) in [7, 11) is 0. The molecule has 24 heavy (non-hydrogen) atoms. The van der Waals surface area contributed by atoms with Crippen LogP contribution in [0.3, 0.4) is 0 Å². The first-order valence-electron chi connectivity index (χ1n) is 8.86. The lowest BCUT2D eigenvalue weighted by Crippen LogP contribution is -2.29. The summed E-state index contributed by atoms with van der Waals surface area (Å²) in [6, 6.07) is 13.6. The average molecular weight is 320 g/mol. The summed E-state index contributed by atoms with van der Waals surface area (Å²) in [6.45, 7) is 5.26. The van der Waals surface area contributed by atoms with E-state index in [0.717, 1.165) is 50.3 Å². The maximum Gasteiger partial charge on any atom is 0.122 e. The van der Waals surface area contributed by atoms with Gasteiger partial charge in [0, 0.05) is 31.8 Å². The van der Waals surface area contributed by atoms with E-state index < -0.39 is 0 Å². The fourth-order valence-corrected chi connectivity index (χ4v) is 3.89. The summed E-state index contributed by atoms with van der Waals surface area (Å²) in [6.07, 6.45) is 4.62. The topological polar surface area (TPSA) is 36.3 Å². The molecule has 2 heterocycles. The van der Waals surface area contributed by atoms with Gasteiger partial charge in [-0.1, -0.05) is 24.3 Å². The van der Waals surface area contributed by atoms with Gasteiger partial charge in [0.1, 0.15) is 5.75 Å². The van der Waals surface area contributed by atoms with E-state index in [1.54, 1.807) is 0 Å². The van der Waals surface area contributed by atoms with Crippen molar-refractivity contribution in [3.8, 4) is 5.75 Å². The van der Waals surface area contributed by atoms with Crippen molar-refractivity contribution >= 4 is 6.21 Å². The molecule has 2 aromatic carbocycles. The number of benzene rings is 2. The van der Waals surface area contributed by atoms with Crippen LogP contribution in [0.25, 0.3) is 0 Å². The number of nitrogens with zero attached hydrogens (tertiary/aromatic N) is 1. The Kier molecular flexibility index (Phi) is 4.11. The summed E-state index contributed by atoms with van der Waals surface area (Å²) in [5, 5.41) is 7.45. The number of hydrogen-bond donors (Lipinski definition) is 1. The van der Waals surface area contributed by atoms with Crippen molar-refractivity contribution in [1.29, 1.82) is 5.41 Å². The maximum absolute atomic E-state index is 7.45. The van der Waals surface area contributed by atoms with E-state index in [-0.39, 0.29) is 0 Å². The molecule has 0 spiro atoms. The Hall–Kier alpha value is -2.13. The zero-order chi connectivity index (χ0) is 16.5. The molecular weight excluding hydrogens is 296 g/mol. The summed E-state index contributed by atoms with van der Waals surface area (Å²) in [5.41, 5.74) is 6.54. The molecule has 2 aliphatic heterocycles. The third-order valence-electron chi connectivity index (χ3n) is 5.48. The Morgan fingerprint density at radius 2 is 1.79 bits per heavy atom. The zero-order valence-electron chi connectivity index (χ0n) is 14.2. The van der Waals surface area contributed by atoms with E-state index >= 15 is 0 Å². The lowest BCUT2D eigenvalue weighted by Gasteiger charge is -2.28. The second-order valence-corrected chi connectivity index (χ2v) is 6.85. The summed E-state index contributed by atoms with van der Waals surface area (Å²) in [5.74, 6) is 1.08. The normalized spacial score (nSPS) is 18.2. The van der Waals surface area contributed by atoms with Crippen molar-refractivity contribution in [2.24, 2.45) is 0 Å². The van der Waals surface area contributed by atoms with Crippen LogP contribution in [-0.2, 0) is 19.3 Å². The van der Waals surface area contributed by atoms with Crippen LogP contribution in [0.2, 0.25) is 0 Å². The third-order valence-corrected chi connectivity index (χ3v) is 5.48. The van der Waals surface area contributed by atoms with Crippen molar-refractivity contribution in [1.82, 2.24) is 4.90 Å². The van der Waals surface area contributed by atoms with Gasteiger partial charge in [-0.2, -0.15) is 0 Å². The van der Waals surface area contributed by atoms with Crippen LogP contribution in [-0.4, -0.2) is 30.8 Å². The predicted octanol–water partition coefficient (Wildman–Crippen LogP) is 3.78. The monoisotopic (exact) mass is 320 g/mol. The minimum absolute atomic E-state index is 0.399. The molecule has 3 nitrogen and oxygen atoms in total. The molecule has 0 bridgehead atoms. The minimum Gasteiger partial charge on any atom is -0.493 e. The molecule has 0 amide bonds. The van der Waals surface area contributed by atoms with Gasteiger partial charge in [0.15, 0.2) is 0 Å². The van der Waals surface area contributed by atoms with Crippen molar-refractivity contribution in [3.05, 3.63) is 64.2 Å². The molecule has 1 atom stereocenters. The highest BCUT2D eigenvalue weighted by atomic mass is 16.5. The van der Waals surface area contributed by atoms with Crippen molar-refractivity contribution in [2.45, 2.75) is 32.2 Å². The molecule has 124 valence electrons. The first-order valence-corrected chi connectivity index (χ1v) is 8.86. The molecule has 0 unspecified atom stereocenters. The van der Waals surface area contributed by atoms with Crippen LogP contribution in [0.4, 0.5) is 0 Å². The second kappa shape index (κ2) is 6.40. The van der Waals surface area contributed by atoms with E-state index in [1.165, 1.54) is 28.5 Å². The van der Waals surface area contributed by atoms with Crippen molar-refractivity contribution in [2.75, 3.05) is 19.7 Å². The van der Waals surface area contributed by atoms with Gasteiger partial charge in [0.25, 0.3) is 0 Å². The molecule has 0 aliphatic carbocycles. The molecule has 3 heteroatoms. The fourth-order valence-electron chi connectivity index (χ4n) is 3.89. The molecule has 0 fully saturated rings. The van der Waals surface area contributed by atoms with Crippen LogP contribution in [0, 0.1) is 5.41 Å². The zero-order valence-corrected chi connectivity index (χ0v) is 14.2. The molecular formula is C21H24N2O. The standard InChI is InChI=1S/C21H24N2O/c1-15(19-5-4-18-8-11-24-21(18)13-19)23-9-6-17-3-2-16(14-22)12-20(17)7-10-23/h2-5,12-15,22H,6-11H2,1H3/t15-/m0/s1. The largest absolute Gasteiger partial charge is 0.493 e. The maximum atomic E-state index is 7.45. The number of ether oxygens (including phenoxy) is 1. The van der Waals surface area contributed by atoms with Crippen LogP contribution in [0.1, 0.15) is 40.8 Å². The first-order chi connectivity index (χ1) is 11.7. The fraction of sp³-hybridized carbons (Fsp3) is 0.381. The number of hydrogen-bond acceptors (Lipinski definition) is 3. The van der Waals surface area contributed by atoms with Crippen molar-refractivity contribution in [3.63, 3.8) is 0 Å². The molecule has 2 aromatic rings. The number of fused-ring (bicyclic) bond motifs is 2. The van der Waals surface area contributed by atoms with Gasteiger partial charge in [0.2, 0.25) is 0 Å². The third kappa shape index (κ3) is 2.84. The van der Waals surface area contributed by atoms with Gasteiger partial charge in [-0.05, 0) is 59.7 Å². The summed E-state index contributed by atoms with van der Waals surface area (Å²) >= 11 is 0. The van der Waals surface area contributed by atoms with Crippen LogP contribution in [0.15, 0.2) is 36.4 Å². The highest BCUT2D eigenvalue weighted by Crippen LogP contribution is 2.31. The van der Waals surface area contributed by atoms with Crippen LogP contribution < -0.4 is 4.74 Å². The van der Waals surface area contributed by atoms with Gasteiger partial charge in [-0.15, -0.1) is 0 Å². The van der Waals surface area contributed by atoms with Gasteiger partial charge in [-0.25, -0.2) is 0 Å². The smallest absolute Gasteiger partial charge is 0.122 e. The Labute approximate surface area is 143 Å². The van der Waals surface area contributed by atoms with Gasteiger partial charge >= 0.3 is 0 Å². The average Bonchev–Trinajstić information content (AvgIpc) is 2.99. The summed E-state index contributed by atoms with van der Waals surface area (Å²) < 4.78 is 5.74. The Morgan fingerprint density at radius 3 is 2.62 bits per heavy atom. The predicted molar refractivity (Wildman–Crippen MR) is 97.4 cm³/mol. The van der Waals surface area contributed by atoms with E-state index in [4.69, 9.17) is 10.1 Å². The molecule has 0 radical (unpaired) electrons. The second-order valence-electron chi connectivity index (χ2n) is 6.85.